The van der Waals surface area contributed by atoms with E-state index < -0.39 is 26.3 Å². The molecule has 0 unspecified atom stereocenters. The van der Waals surface area contributed by atoms with Crippen LogP contribution in [0.5, 0.6) is 0 Å². The van der Waals surface area contributed by atoms with Gasteiger partial charge in [0.1, 0.15) is 11.0 Å². The molecule has 3 N–H and O–H groups in total. The van der Waals surface area contributed by atoms with Crippen molar-refractivity contribution in [2.75, 3.05) is 11.9 Å². The second kappa shape index (κ2) is 14.3. The highest BCUT2D eigenvalue weighted by atomic mass is 79.9. The largest absolute Gasteiger partial charge is 0.415 e. The molecule has 2 rings (SSSR count). The molecule has 0 aliphatic heterocycles. The molecule has 1 aromatic carbocycles. The van der Waals surface area contributed by atoms with Gasteiger partial charge in [-0.25, -0.2) is 14.6 Å². The normalized spacial score (nSPS) is 12.7. The van der Waals surface area contributed by atoms with Crippen LogP contribution in [0.4, 0.5) is 0 Å². The highest BCUT2D eigenvalue weighted by molar-refractivity contribution is 9.09. The van der Waals surface area contributed by atoms with Crippen molar-refractivity contribution < 1.29 is 23.5 Å². The van der Waals surface area contributed by atoms with Crippen molar-refractivity contribution >= 4 is 53.4 Å². The van der Waals surface area contributed by atoms with Crippen molar-refractivity contribution in [2.24, 2.45) is 5.73 Å². The van der Waals surface area contributed by atoms with Crippen LogP contribution in [0, 0.1) is 0 Å². The second-order valence-electron chi connectivity index (χ2n) is 10.4. The van der Waals surface area contributed by atoms with Gasteiger partial charge in [0, 0.05) is 29.2 Å². The highest BCUT2D eigenvalue weighted by Gasteiger charge is 2.38. The molecule has 0 aliphatic carbocycles. The Morgan fingerprint density at radius 3 is 2.43 bits per heavy atom. The maximum atomic E-state index is 12.5. The molecule has 11 heteroatoms. The number of esters is 2. The van der Waals surface area contributed by atoms with E-state index in [0.29, 0.717) is 18.0 Å². The average molecular weight is 613 g/mol. The number of hydrogen-bond donors (Lipinski definition) is 2. The van der Waals surface area contributed by atoms with Crippen LogP contribution in [0.2, 0.25) is 18.1 Å². The molecule has 37 heavy (non-hydrogen) atoms. The Hall–Kier alpha value is -1.92. The monoisotopic (exact) mass is 611 g/mol. The average Bonchev–Trinajstić information content (AvgIpc) is 3.34. The lowest BCUT2D eigenvalue weighted by molar-refractivity contribution is -0.140. The minimum absolute atomic E-state index is 0.00509. The first kappa shape index (κ1) is 31.3. The molecule has 0 saturated carbocycles. The summed E-state index contributed by atoms with van der Waals surface area (Å²) in [6.07, 6.45) is 3.51. The third-order valence-corrected chi connectivity index (χ3v) is 12.3. The van der Waals surface area contributed by atoms with Crippen LogP contribution < -0.4 is 11.1 Å². The van der Waals surface area contributed by atoms with Crippen LogP contribution in [0.25, 0.3) is 10.6 Å². The molecule has 0 fully saturated rings. The Bertz CT molecular complexity index is 1050. The van der Waals surface area contributed by atoms with Gasteiger partial charge in [0.2, 0.25) is 5.91 Å². The molecular formula is C26H38BrN3O5SSi. The minimum atomic E-state index is -2.08. The summed E-state index contributed by atoms with van der Waals surface area (Å²) in [7, 11) is -2.08. The fourth-order valence-electron chi connectivity index (χ4n) is 2.91. The Morgan fingerprint density at radius 1 is 1.14 bits per heavy atom. The lowest BCUT2D eigenvalue weighted by Crippen LogP contribution is -2.46. The summed E-state index contributed by atoms with van der Waals surface area (Å²) in [5, 5.41) is 6.03. The molecule has 0 bridgehead atoms. The van der Waals surface area contributed by atoms with Crippen molar-refractivity contribution in [2.45, 2.75) is 77.2 Å². The third kappa shape index (κ3) is 10.0. The lowest BCUT2D eigenvalue weighted by atomic mass is 10.1. The standard InChI is InChI=1S/C26H38BrN3O5SSi/c1-26(2,3)37(4,5)34-16-20(28)24(32)35-25(33)21-17-36-23(30-21)19-12-10-18(11-13-19)15-29-22(31)9-7-6-8-14-27/h10-13,17,20H,6-9,14-16,28H2,1-5H3,(H,29,31)/t20-/m0/s1. The molecule has 1 heterocycles. The quantitative estimate of drug-likeness (QED) is 0.102. The number of ether oxygens (including phenoxy) is 1. The molecule has 8 nitrogen and oxygen atoms in total. The van der Waals surface area contributed by atoms with Gasteiger partial charge >= 0.3 is 11.9 Å². The number of amides is 1. The molecule has 0 radical (unpaired) electrons. The number of unbranched alkanes of at least 4 members (excludes halogenated alkanes) is 2. The smallest absolute Gasteiger partial charge is 0.365 e. The molecule has 0 aliphatic rings. The zero-order valence-corrected chi connectivity index (χ0v) is 25.7. The summed E-state index contributed by atoms with van der Waals surface area (Å²) in [5.41, 5.74) is 7.74. The van der Waals surface area contributed by atoms with Gasteiger partial charge in [-0.15, -0.1) is 11.3 Å². The van der Waals surface area contributed by atoms with E-state index in [1.165, 1.54) is 11.3 Å². The van der Waals surface area contributed by atoms with E-state index in [1.54, 1.807) is 5.38 Å². The van der Waals surface area contributed by atoms with Crippen LogP contribution in [0.3, 0.4) is 0 Å². The Kier molecular flexibility index (Phi) is 12.1. The van der Waals surface area contributed by atoms with Crippen molar-refractivity contribution in [3.8, 4) is 10.6 Å². The number of aromatic nitrogens is 1. The number of halogens is 1. The van der Waals surface area contributed by atoms with E-state index in [2.05, 4.69) is 60.1 Å². The van der Waals surface area contributed by atoms with Crippen LogP contribution in [-0.4, -0.2) is 49.1 Å². The molecule has 1 atom stereocenters. The van der Waals surface area contributed by atoms with Gasteiger partial charge in [-0.2, -0.15) is 0 Å². The molecule has 2 aromatic rings. The van der Waals surface area contributed by atoms with Gasteiger partial charge in [0.15, 0.2) is 14.0 Å². The van der Waals surface area contributed by atoms with E-state index in [4.69, 9.17) is 14.9 Å². The molecule has 0 saturated heterocycles. The summed E-state index contributed by atoms with van der Waals surface area (Å²) < 4.78 is 10.9. The zero-order valence-electron chi connectivity index (χ0n) is 22.3. The van der Waals surface area contributed by atoms with Crippen molar-refractivity contribution in [1.82, 2.24) is 10.3 Å². The van der Waals surface area contributed by atoms with E-state index >= 15 is 0 Å². The van der Waals surface area contributed by atoms with Crippen molar-refractivity contribution in [3.63, 3.8) is 0 Å². The minimum Gasteiger partial charge on any atom is -0.415 e. The molecule has 1 aromatic heterocycles. The number of nitrogens with two attached hydrogens (primary N) is 1. The van der Waals surface area contributed by atoms with Gasteiger partial charge in [0.25, 0.3) is 0 Å². The van der Waals surface area contributed by atoms with Gasteiger partial charge in [-0.3, -0.25) is 4.79 Å². The van der Waals surface area contributed by atoms with E-state index in [1.807, 2.05) is 24.3 Å². The number of carbonyl (C=O) groups excluding carboxylic acids is 3. The fourth-order valence-corrected chi connectivity index (χ4v) is 5.13. The Labute approximate surface area is 233 Å². The number of hydrogen-bond acceptors (Lipinski definition) is 8. The second-order valence-corrected chi connectivity index (χ2v) is 16.9. The summed E-state index contributed by atoms with van der Waals surface area (Å²) in [5.74, 6) is -1.64. The summed E-state index contributed by atoms with van der Waals surface area (Å²) in [6.45, 7) is 10.8. The number of nitrogens with one attached hydrogen (secondary N) is 1. The number of carbonyl (C=O) groups is 3. The first-order chi connectivity index (χ1) is 17.3. The first-order valence-electron chi connectivity index (χ1n) is 12.4. The summed E-state index contributed by atoms with van der Waals surface area (Å²) in [4.78, 5) is 41.0. The topological polar surface area (TPSA) is 121 Å². The third-order valence-electron chi connectivity index (χ3n) is 6.37. The van der Waals surface area contributed by atoms with Crippen LogP contribution in [0.15, 0.2) is 29.6 Å². The SMILES string of the molecule is CC(C)(C)[Si](C)(C)OC[C@H](N)C(=O)OC(=O)c1csc(-c2ccc(CNC(=O)CCCCCBr)cc2)n1. The number of rotatable bonds is 13. The highest BCUT2D eigenvalue weighted by Crippen LogP contribution is 2.36. The van der Waals surface area contributed by atoms with Gasteiger partial charge in [-0.1, -0.05) is 67.4 Å². The number of thiazole rings is 1. The summed E-state index contributed by atoms with van der Waals surface area (Å²) >= 11 is 4.66. The van der Waals surface area contributed by atoms with Gasteiger partial charge < -0.3 is 20.2 Å². The van der Waals surface area contributed by atoms with E-state index in [9.17, 15) is 14.4 Å². The molecule has 0 spiro atoms. The predicted molar refractivity (Wildman–Crippen MR) is 153 cm³/mol. The van der Waals surface area contributed by atoms with Gasteiger partial charge in [-0.05, 0) is 36.5 Å². The molecule has 204 valence electrons. The van der Waals surface area contributed by atoms with Gasteiger partial charge in [0.05, 0.1) is 6.61 Å². The first-order valence-corrected chi connectivity index (χ1v) is 17.3. The lowest BCUT2D eigenvalue weighted by Gasteiger charge is -2.36. The fraction of sp³-hybridized carbons (Fsp3) is 0.538. The number of nitrogens with zero attached hydrogens (tertiary/aromatic N) is 1. The van der Waals surface area contributed by atoms with Crippen LogP contribution in [-0.2, 0) is 25.3 Å². The molecule has 1 amide bonds. The zero-order chi connectivity index (χ0) is 27.6. The Balaban J connectivity index is 1.86. The number of benzene rings is 1. The number of alkyl halides is 1. The Morgan fingerprint density at radius 2 is 1.81 bits per heavy atom. The predicted octanol–water partition coefficient (Wildman–Crippen LogP) is 5.41. The molecular weight excluding hydrogens is 574 g/mol. The van der Waals surface area contributed by atoms with Crippen LogP contribution >= 0.6 is 27.3 Å². The van der Waals surface area contributed by atoms with Crippen molar-refractivity contribution in [3.05, 3.63) is 40.9 Å². The van der Waals surface area contributed by atoms with E-state index in [-0.39, 0.29) is 23.2 Å². The maximum Gasteiger partial charge on any atom is 0.365 e. The summed E-state index contributed by atoms with van der Waals surface area (Å²) in [6, 6.07) is 6.52. The van der Waals surface area contributed by atoms with E-state index in [0.717, 1.165) is 35.7 Å². The van der Waals surface area contributed by atoms with Crippen LogP contribution in [0.1, 0.15) is 62.5 Å². The van der Waals surface area contributed by atoms with Crippen molar-refractivity contribution in [1.29, 1.82) is 0 Å². The maximum absolute atomic E-state index is 12.5.